The molecule has 64 heavy (non-hydrogen) atoms. The molecule has 0 amide bonds. The van der Waals surface area contributed by atoms with Crippen LogP contribution in [0.3, 0.4) is 0 Å². The van der Waals surface area contributed by atoms with E-state index in [0.717, 1.165) is 0 Å². The Morgan fingerprint density at radius 1 is 0.562 bits per heavy atom. The van der Waals surface area contributed by atoms with Crippen molar-refractivity contribution in [3.63, 3.8) is 0 Å². The van der Waals surface area contributed by atoms with Crippen LogP contribution in [0, 0.1) is 0 Å². The maximum absolute atomic E-state index is 2.81. The van der Waals surface area contributed by atoms with E-state index in [-0.39, 0.29) is 33.9 Å². The minimum absolute atomic E-state index is 0.0105. The predicted octanol–water partition coefficient (Wildman–Crippen LogP) is 15.1. The van der Waals surface area contributed by atoms with Crippen molar-refractivity contribution in [2.45, 2.75) is 139 Å². The van der Waals surface area contributed by atoms with Gasteiger partial charge in [-0.25, -0.2) is 0 Å². The molecular weight excluding hydrogens is 814 g/mol. The third kappa shape index (κ3) is 5.48. The number of para-hydroxylation sites is 2. The number of thiophene rings is 1. The fourth-order valence-electron chi connectivity index (χ4n) is 12.3. The van der Waals surface area contributed by atoms with Crippen LogP contribution in [0.4, 0.5) is 45.5 Å². The van der Waals surface area contributed by atoms with Crippen molar-refractivity contribution in [2.75, 3.05) is 14.7 Å². The van der Waals surface area contributed by atoms with E-state index in [0.29, 0.717) is 0 Å². The highest BCUT2D eigenvalue weighted by Gasteiger charge is 2.59. The van der Waals surface area contributed by atoms with Gasteiger partial charge in [0, 0.05) is 58.5 Å². The normalized spacial score (nSPS) is 20.7. The summed E-state index contributed by atoms with van der Waals surface area (Å²) in [6, 6.07) is 45.6. The van der Waals surface area contributed by atoms with Gasteiger partial charge in [0.1, 0.15) is 0 Å². The van der Waals surface area contributed by atoms with Gasteiger partial charge in [-0.1, -0.05) is 148 Å². The zero-order chi connectivity index (χ0) is 44.5. The molecule has 0 spiro atoms. The van der Waals surface area contributed by atoms with Crippen LogP contribution in [0.15, 0.2) is 125 Å². The van der Waals surface area contributed by atoms with Gasteiger partial charge in [-0.2, -0.15) is 0 Å². The second kappa shape index (κ2) is 13.4. The van der Waals surface area contributed by atoms with Crippen LogP contribution in [-0.2, 0) is 21.7 Å². The number of benzene rings is 6. The van der Waals surface area contributed by atoms with Gasteiger partial charge >= 0.3 is 0 Å². The van der Waals surface area contributed by atoms with Crippen molar-refractivity contribution < 1.29 is 0 Å². The van der Waals surface area contributed by atoms with Crippen molar-refractivity contribution >= 4 is 101 Å². The molecule has 3 nitrogen and oxygen atoms in total. The lowest BCUT2D eigenvalue weighted by Crippen LogP contribution is -2.60. The first-order chi connectivity index (χ1) is 30.4. The number of fused-ring (bicyclic) bond motifs is 13. The Bertz CT molecular complexity index is 3110. The van der Waals surface area contributed by atoms with Crippen LogP contribution < -0.4 is 30.4 Å². The summed E-state index contributed by atoms with van der Waals surface area (Å²) in [7, 11) is 0. The lowest BCUT2D eigenvalue weighted by molar-refractivity contribution is 0.194. The van der Waals surface area contributed by atoms with Crippen molar-refractivity contribution in [1.82, 2.24) is 0 Å². The van der Waals surface area contributed by atoms with Crippen molar-refractivity contribution in [1.29, 1.82) is 0 Å². The molecule has 1 saturated carbocycles. The van der Waals surface area contributed by atoms with Crippen LogP contribution in [0.1, 0.15) is 124 Å². The Hall–Kier alpha value is -4.91. The Morgan fingerprint density at radius 2 is 1.19 bits per heavy atom. The van der Waals surface area contributed by atoms with Crippen LogP contribution in [0.2, 0.25) is 0 Å². The van der Waals surface area contributed by atoms with E-state index in [1.807, 2.05) is 11.8 Å². The fraction of sp³-hybridized carbons (Fsp3) is 0.345. The van der Waals surface area contributed by atoms with Crippen LogP contribution in [-0.4, -0.2) is 12.3 Å². The van der Waals surface area contributed by atoms with Gasteiger partial charge in [0.2, 0.25) is 0 Å². The standard InChI is InChI=1S/C58H60BN3S2/c1-54(2,3)35-25-27-37(28-26-35)60-44-21-18-22-45-50(44)59(53-51(60)38-31-36(55(4,5)6)32-40(52(38)64-53)56(7,8)9)41-33-39-46-34-47(41)61(45)42-19-12-14-23-48(42)63-49-24-15-13-20-43(49)62(46)58(11)30-17-16-29-57(39,58)10/h12-15,18-28,31-34H,16-17,29-30H2,1-11H3. The lowest BCUT2D eigenvalue weighted by atomic mass is 9.36. The SMILES string of the molecule is CC(C)(C)c1ccc(N2c3cccc4c3B(c3cc5c6cc3N4c3ccccc3Sc3ccccc3N6C3(C)CCCCC53C)c3sc4c(C(C)(C)C)cc(C(C)(C)C)cc4c32)cc1. The molecule has 0 saturated heterocycles. The summed E-state index contributed by atoms with van der Waals surface area (Å²) < 4.78 is 2.88. The third-order valence-corrected chi connectivity index (χ3v) is 18.4. The van der Waals surface area contributed by atoms with E-state index in [1.54, 1.807) is 0 Å². The summed E-state index contributed by atoms with van der Waals surface area (Å²) >= 11 is 4.00. The maximum atomic E-state index is 2.81. The second-order valence-electron chi connectivity index (χ2n) is 22.9. The highest BCUT2D eigenvalue weighted by Crippen LogP contribution is 2.64. The Morgan fingerprint density at radius 3 is 1.88 bits per heavy atom. The van der Waals surface area contributed by atoms with Crippen molar-refractivity contribution in [3.8, 4) is 0 Å². The molecule has 0 N–H and O–H groups in total. The van der Waals surface area contributed by atoms with Gasteiger partial charge < -0.3 is 14.7 Å². The second-order valence-corrected chi connectivity index (χ2v) is 25.1. The number of rotatable bonds is 1. The Kier molecular flexibility index (Phi) is 8.47. The monoisotopic (exact) mass is 873 g/mol. The van der Waals surface area contributed by atoms with Crippen LogP contribution in [0.25, 0.3) is 10.1 Å². The van der Waals surface area contributed by atoms with Gasteiger partial charge in [0.25, 0.3) is 6.71 Å². The van der Waals surface area contributed by atoms with Gasteiger partial charge in [-0.15, -0.1) is 11.3 Å². The van der Waals surface area contributed by atoms with E-state index in [4.69, 9.17) is 0 Å². The first-order valence-electron chi connectivity index (χ1n) is 23.7. The molecule has 4 aliphatic heterocycles. The largest absolute Gasteiger partial charge is 0.333 e. The van der Waals surface area contributed by atoms with Gasteiger partial charge in [0.15, 0.2) is 0 Å². The summed E-state index contributed by atoms with van der Waals surface area (Å²) in [5, 5.41) is 1.38. The molecule has 2 unspecified atom stereocenters. The Balaban J connectivity index is 1.23. The molecule has 7 aromatic rings. The molecule has 1 aromatic heterocycles. The number of hydrogen-bond acceptors (Lipinski definition) is 5. The number of hydrogen-bond donors (Lipinski definition) is 0. The molecule has 5 aliphatic rings. The summed E-state index contributed by atoms with van der Waals surface area (Å²) in [6.07, 6.45) is 4.87. The highest BCUT2D eigenvalue weighted by molar-refractivity contribution is 7.99. The zero-order valence-electron chi connectivity index (χ0n) is 39.5. The average molecular weight is 874 g/mol. The minimum atomic E-state index is -0.0634. The molecule has 5 heterocycles. The van der Waals surface area contributed by atoms with Crippen LogP contribution >= 0.6 is 23.1 Å². The third-order valence-electron chi connectivity index (χ3n) is 16.0. The average Bonchev–Trinajstić information content (AvgIpc) is 3.72. The zero-order valence-corrected chi connectivity index (χ0v) is 41.2. The van der Waals surface area contributed by atoms with Crippen LogP contribution in [0.5, 0.6) is 0 Å². The van der Waals surface area contributed by atoms with Gasteiger partial charge in [-0.05, 0) is 130 Å². The molecule has 6 heteroatoms. The molecular formula is C58H60BN3S2. The molecule has 2 atom stereocenters. The van der Waals surface area contributed by atoms with Crippen molar-refractivity contribution in [2.24, 2.45) is 0 Å². The predicted molar refractivity (Wildman–Crippen MR) is 279 cm³/mol. The van der Waals surface area contributed by atoms with Gasteiger partial charge in [0.05, 0.1) is 22.6 Å². The lowest BCUT2D eigenvalue weighted by Gasteiger charge is -2.50. The van der Waals surface area contributed by atoms with Gasteiger partial charge in [-0.3, -0.25) is 0 Å². The summed E-state index contributed by atoms with van der Waals surface area (Å²) in [5.74, 6) is 0. The minimum Gasteiger partial charge on any atom is -0.333 e. The molecule has 12 rings (SSSR count). The number of anilines is 8. The molecule has 322 valence electrons. The highest BCUT2D eigenvalue weighted by atomic mass is 32.2. The quantitative estimate of drug-likeness (QED) is 0.152. The van der Waals surface area contributed by atoms with Crippen molar-refractivity contribution in [3.05, 3.63) is 138 Å². The van der Waals surface area contributed by atoms with E-state index in [2.05, 4.69) is 217 Å². The van der Waals surface area contributed by atoms with E-state index < -0.39 is 0 Å². The maximum Gasteiger partial charge on any atom is 0.264 e. The summed E-state index contributed by atoms with van der Waals surface area (Å²) in [4.78, 5) is 10.7. The molecule has 1 aliphatic carbocycles. The van der Waals surface area contributed by atoms with E-state index in [1.165, 1.54) is 129 Å². The molecule has 0 radical (unpaired) electrons. The summed E-state index contributed by atoms with van der Waals surface area (Å²) in [6.45, 7) is 26.6. The molecule has 2 bridgehead atoms. The molecule has 6 aromatic carbocycles. The molecule has 1 fully saturated rings. The van der Waals surface area contributed by atoms with E-state index >= 15 is 0 Å². The van der Waals surface area contributed by atoms with E-state index in [9.17, 15) is 0 Å². The number of nitrogens with zero attached hydrogens (tertiary/aromatic N) is 3. The Labute approximate surface area is 390 Å². The fourth-order valence-corrected chi connectivity index (χ4v) is 15.0. The topological polar surface area (TPSA) is 9.72 Å². The first kappa shape index (κ1) is 40.6. The summed E-state index contributed by atoms with van der Waals surface area (Å²) in [5.41, 5.74) is 18.9. The smallest absolute Gasteiger partial charge is 0.264 e. The first-order valence-corrected chi connectivity index (χ1v) is 25.3.